The van der Waals surface area contributed by atoms with Crippen LogP contribution >= 0.6 is 11.3 Å². The predicted molar refractivity (Wildman–Crippen MR) is 80.0 cm³/mol. The Morgan fingerprint density at radius 1 is 1.55 bits per heavy atom. The molecule has 2 rings (SSSR count). The first-order valence-corrected chi connectivity index (χ1v) is 8.12. The van der Waals surface area contributed by atoms with E-state index < -0.39 is 11.6 Å². The summed E-state index contributed by atoms with van der Waals surface area (Å²) in [7, 11) is 0. The minimum absolute atomic E-state index is 0.279. The zero-order valence-electron chi connectivity index (χ0n) is 11.8. The SMILES string of the molecule is CC(Cc1ccsc1)NCC1(O)CCC(C(=O)O)CC1. The van der Waals surface area contributed by atoms with Crippen molar-refractivity contribution in [2.45, 2.75) is 50.7 Å². The summed E-state index contributed by atoms with van der Waals surface area (Å²) in [5.74, 6) is -1.01. The molecule has 1 unspecified atom stereocenters. The van der Waals surface area contributed by atoms with Gasteiger partial charge in [-0.05, 0) is 61.4 Å². The van der Waals surface area contributed by atoms with Crippen LogP contribution in [0.3, 0.4) is 0 Å². The number of nitrogens with one attached hydrogen (secondary N) is 1. The van der Waals surface area contributed by atoms with Crippen LogP contribution in [0.5, 0.6) is 0 Å². The van der Waals surface area contributed by atoms with Crippen molar-refractivity contribution in [1.82, 2.24) is 5.32 Å². The molecule has 0 aliphatic heterocycles. The maximum Gasteiger partial charge on any atom is 0.306 e. The Morgan fingerprint density at radius 2 is 2.25 bits per heavy atom. The highest BCUT2D eigenvalue weighted by molar-refractivity contribution is 7.07. The second-order valence-corrected chi connectivity index (χ2v) is 6.73. The maximum absolute atomic E-state index is 10.9. The van der Waals surface area contributed by atoms with E-state index >= 15 is 0 Å². The third-order valence-corrected chi connectivity index (χ3v) is 4.90. The zero-order chi connectivity index (χ0) is 14.6. The van der Waals surface area contributed by atoms with Gasteiger partial charge in [0.25, 0.3) is 0 Å². The van der Waals surface area contributed by atoms with Gasteiger partial charge in [-0.1, -0.05) is 0 Å². The van der Waals surface area contributed by atoms with E-state index in [9.17, 15) is 9.90 Å². The van der Waals surface area contributed by atoms with Crippen LogP contribution in [0.25, 0.3) is 0 Å². The average molecular weight is 297 g/mol. The molecular weight excluding hydrogens is 274 g/mol. The smallest absolute Gasteiger partial charge is 0.306 e. The molecular formula is C15H23NO3S. The van der Waals surface area contributed by atoms with Crippen LogP contribution in [0.1, 0.15) is 38.2 Å². The van der Waals surface area contributed by atoms with E-state index in [1.807, 2.05) is 0 Å². The van der Waals surface area contributed by atoms with Gasteiger partial charge in [-0.3, -0.25) is 4.79 Å². The molecule has 0 aromatic carbocycles. The van der Waals surface area contributed by atoms with Crippen LogP contribution in [0, 0.1) is 5.92 Å². The largest absolute Gasteiger partial charge is 0.481 e. The van der Waals surface area contributed by atoms with Crippen LogP contribution < -0.4 is 5.32 Å². The topological polar surface area (TPSA) is 69.6 Å². The lowest BCUT2D eigenvalue weighted by molar-refractivity contribution is -0.144. The van der Waals surface area contributed by atoms with Gasteiger partial charge in [-0.25, -0.2) is 0 Å². The molecule has 20 heavy (non-hydrogen) atoms. The first kappa shape index (κ1) is 15.5. The predicted octanol–water partition coefficient (Wildman–Crippen LogP) is 2.27. The standard InChI is InChI=1S/C15H23NO3S/c1-11(8-12-4-7-20-9-12)16-10-15(19)5-2-13(3-6-15)14(17)18/h4,7,9,11,13,16,19H,2-3,5-6,8,10H2,1H3,(H,17,18). The number of thiophene rings is 1. The fourth-order valence-corrected chi connectivity index (χ4v) is 3.46. The number of aliphatic hydroxyl groups is 1. The first-order chi connectivity index (χ1) is 9.48. The van der Waals surface area contributed by atoms with Gasteiger partial charge in [0, 0.05) is 12.6 Å². The molecule has 1 aromatic heterocycles. The number of carbonyl (C=O) groups is 1. The number of aliphatic carboxylic acids is 1. The molecule has 3 N–H and O–H groups in total. The molecule has 112 valence electrons. The van der Waals surface area contributed by atoms with Crippen molar-refractivity contribution in [3.63, 3.8) is 0 Å². The molecule has 1 aromatic rings. The fourth-order valence-electron chi connectivity index (χ4n) is 2.78. The molecule has 1 heterocycles. The maximum atomic E-state index is 10.9. The van der Waals surface area contributed by atoms with Gasteiger partial charge in [0.15, 0.2) is 0 Å². The number of rotatable bonds is 6. The van der Waals surface area contributed by atoms with Crippen LogP contribution in [0.4, 0.5) is 0 Å². The summed E-state index contributed by atoms with van der Waals surface area (Å²) in [5, 5.41) is 27.1. The van der Waals surface area contributed by atoms with E-state index in [1.54, 1.807) is 11.3 Å². The molecule has 0 bridgehead atoms. The van der Waals surface area contributed by atoms with Crippen LogP contribution in [0.2, 0.25) is 0 Å². The Balaban J connectivity index is 1.74. The van der Waals surface area contributed by atoms with Crippen molar-refractivity contribution >= 4 is 17.3 Å². The lowest BCUT2D eigenvalue weighted by atomic mass is 9.78. The summed E-state index contributed by atoms with van der Waals surface area (Å²) in [5.41, 5.74) is 0.575. The highest BCUT2D eigenvalue weighted by Gasteiger charge is 2.35. The van der Waals surface area contributed by atoms with Crippen molar-refractivity contribution in [1.29, 1.82) is 0 Å². The highest BCUT2D eigenvalue weighted by atomic mass is 32.1. The van der Waals surface area contributed by atoms with Gasteiger partial charge in [0.2, 0.25) is 0 Å². The average Bonchev–Trinajstić information content (AvgIpc) is 2.90. The fraction of sp³-hybridized carbons (Fsp3) is 0.667. The third-order valence-electron chi connectivity index (χ3n) is 4.17. The summed E-state index contributed by atoms with van der Waals surface area (Å²) in [6, 6.07) is 2.43. The van der Waals surface area contributed by atoms with Crippen molar-refractivity contribution < 1.29 is 15.0 Å². The number of carboxylic acids is 1. The van der Waals surface area contributed by atoms with Gasteiger partial charge in [0.1, 0.15) is 0 Å². The molecule has 4 nitrogen and oxygen atoms in total. The van der Waals surface area contributed by atoms with Crippen molar-refractivity contribution in [2.24, 2.45) is 5.92 Å². The molecule has 1 saturated carbocycles. The van der Waals surface area contributed by atoms with Crippen molar-refractivity contribution in [2.75, 3.05) is 6.54 Å². The molecule has 5 heteroatoms. The summed E-state index contributed by atoms with van der Waals surface area (Å²) in [6.07, 6.45) is 3.25. The van der Waals surface area contributed by atoms with Crippen LogP contribution in [0.15, 0.2) is 16.8 Å². The first-order valence-electron chi connectivity index (χ1n) is 7.18. The summed E-state index contributed by atoms with van der Waals surface area (Å²) >= 11 is 1.70. The lowest BCUT2D eigenvalue weighted by Gasteiger charge is -2.35. The Bertz CT molecular complexity index is 424. The van der Waals surface area contributed by atoms with Crippen molar-refractivity contribution in [3.8, 4) is 0 Å². The monoisotopic (exact) mass is 297 g/mol. The highest BCUT2D eigenvalue weighted by Crippen LogP contribution is 2.31. The molecule has 0 saturated heterocycles. The molecule has 1 atom stereocenters. The Hall–Kier alpha value is -0.910. The number of carboxylic acid groups (broad SMARTS) is 1. The second-order valence-electron chi connectivity index (χ2n) is 5.95. The normalized spacial score (nSPS) is 28.2. The molecule has 0 radical (unpaired) electrons. The van der Waals surface area contributed by atoms with Crippen LogP contribution in [-0.2, 0) is 11.2 Å². The van der Waals surface area contributed by atoms with Crippen molar-refractivity contribution in [3.05, 3.63) is 22.4 Å². The van der Waals surface area contributed by atoms with Gasteiger partial charge < -0.3 is 15.5 Å². The van der Waals surface area contributed by atoms with E-state index in [0.29, 0.717) is 38.3 Å². The minimum atomic E-state index is -0.741. The molecule has 0 spiro atoms. The van der Waals surface area contributed by atoms with Crippen LogP contribution in [-0.4, -0.2) is 34.4 Å². The molecule has 1 aliphatic rings. The lowest BCUT2D eigenvalue weighted by Crippen LogP contribution is -2.47. The molecule has 1 fully saturated rings. The van der Waals surface area contributed by atoms with E-state index in [0.717, 1.165) is 6.42 Å². The Morgan fingerprint density at radius 3 is 2.80 bits per heavy atom. The Labute approximate surface area is 123 Å². The van der Waals surface area contributed by atoms with Gasteiger partial charge in [-0.15, -0.1) is 0 Å². The van der Waals surface area contributed by atoms with E-state index in [1.165, 1.54) is 5.56 Å². The summed E-state index contributed by atoms with van der Waals surface area (Å²) in [4.78, 5) is 10.9. The second kappa shape index (κ2) is 6.70. The Kier molecular flexibility index (Phi) is 5.18. The summed E-state index contributed by atoms with van der Waals surface area (Å²) in [6.45, 7) is 2.66. The summed E-state index contributed by atoms with van der Waals surface area (Å²) < 4.78 is 0. The van der Waals surface area contributed by atoms with E-state index in [-0.39, 0.29) is 5.92 Å². The van der Waals surface area contributed by atoms with Gasteiger partial charge >= 0.3 is 5.97 Å². The number of hydrogen-bond donors (Lipinski definition) is 3. The zero-order valence-corrected chi connectivity index (χ0v) is 12.7. The minimum Gasteiger partial charge on any atom is -0.481 e. The van der Waals surface area contributed by atoms with E-state index in [4.69, 9.17) is 5.11 Å². The molecule has 0 amide bonds. The quantitative estimate of drug-likeness (QED) is 0.753. The third kappa shape index (κ3) is 4.30. The van der Waals surface area contributed by atoms with E-state index in [2.05, 4.69) is 29.1 Å². The van der Waals surface area contributed by atoms with Gasteiger partial charge in [-0.2, -0.15) is 11.3 Å². The van der Waals surface area contributed by atoms with Gasteiger partial charge in [0.05, 0.1) is 11.5 Å². The number of hydrogen-bond acceptors (Lipinski definition) is 4. The molecule has 1 aliphatic carbocycles.